The molecule has 3 aromatic carbocycles. The lowest BCUT2D eigenvalue weighted by Gasteiger charge is -2.27. The molecule has 6 amide bonds. The third kappa shape index (κ3) is 8.18. The van der Waals surface area contributed by atoms with E-state index in [4.69, 9.17) is 14.5 Å². The van der Waals surface area contributed by atoms with Crippen molar-refractivity contribution in [3.63, 3.8) is 0 Å². The number of rotatable bonds is 14. The topological polar surface area (TPSA) is 164 Å². The maximum Gasteiger partial charge on any atom is 0.262 e. The second-order valence-corrected chi connectivity index (χ2v) is 16.4. The minimum Gasteiger partial charge on any atom is -0.494 e. The van der Waals surface area contributed by atoms with E-state index in [-0.39, 0.29) is 54.0 Å². The number of nitrogens with one attached hydrogen (secondary N) is 2. The van der Waals surface area contributed by atoms with Crippen LogP contribution in [0.2, 0.25) is 0 Å². The number of aromatic nitrogens is 1. The number of aryl methyl sites for hydroxylation is 1. The van der Waals surface area contributed by atoms with Crippen LogP contribution in [0.3, 0.4) is 0 Å². The molecular formula is C43H43N5O8S. The fraction of sp³-hybridized carbons (Fsp3) is 0.372. The fourth-order valence-electron chi connectivity index (χ4n) is 7.58. The number of anilines is 2. The first-order valence-electron chi connectivity index (χ1n) is 19.4. The maximum absolute atomic E-state index is 13.1. The highest BCUT2D eigenvalue weighted by Crippen LogP contribution is 2.39. The van der Waals surface area contributed by atoms with Crippen LogP contribution in [0.15, 0.2) is 60.7 Å². The van der Waals surface area contributed by atoms with E-state index in [1.54, 1.807) is 6.07 Å². The number of amides is 6. The van der Waals surface area contributed by atoms with Crippen molar-refractivity contribution in [3.05, 3.63) is 87.8 Å². The van der Waals surface area contributed by atoms with E-state index in [1.807, 2.05) is 48.2 Å². The van der Waals surface area contributed by atoms with Gasteiger partial charge in [-0.3, -0.25) is 39.0 Å². The molecule has 2 unspecified atom stereocenters. The number of carbonyl (C=O) groups is 6. The average Bonchev–Trinajstić information content (AvgIpc) is 3.79. The Bertz CT molecular complexity index is 2300. The Morgan fingerprint density at radius 3 is 2.42 bits per heavy atom. The number of ether oxygens (including phenoxy) is 2. The molecule has 2 N–H and O–H groups in total. The predicted octanol–water partition coefficient (Wildman–Crippen LogP) is 5.87. The summed E-state index contributed by atoms with van der Waals surface area (Å²) in [6.07, 6.45) is 4.62. The maximum atomic E-state index is 13.1. The minimum atomic E-state index is -1.02. The Labute approximate surface area is 333 Å². The molecule has 294 valence electrons. The number of nitrogens with zero attached hydrogens (tertiary/aromatic N) is 3. The van der Waals surface area contributed by atoms with Gasteiger partial charge in [0, 0.05) is 35.0 Å². The van der Waals surface area contributed by atoms with Gasteiger partial charge in [-0.25, -0.2) is 4.98 Å². The summed E-state index contributed by atoms with van der Waals surface area (Å²) in [6.45, 7) is 5.67. The van der Waals surface area contributed by atoms with Gasteiger partial charge in [-0.15, -0.1) is 11.3 Å². The highest BCUT2D eigenvalue weighted by molar-refractivity contribution is 7.16. The second kappa shape index (κ2) is 15.9. The molecule has 3 aliphatic heterocycles. The van der Waals surface area contributed by atoms with Gasteiger partial charge in [0.25, 0.3) is 11.8 Å². The van der Waals surface area contributed by atoms with Gasteiger partial charge in [0.2, 0.25) is 23.6 Å². The largest absolute Gasteiger partial charge is 0.494 e. The zero-order chi connectivity index (χ0) is 39.8. The molecule has 8 rings (SSSR count). The Morgan fingerprint density at radius 2 is 1.67 bits per heavy atom. The molecule has 0 bridgehead atoms. The summed E-state index contributed by atoms with van der Waals surface area (Å²) in [6, 6.07) is 17.3. The van der Waals surface area contributed by atoms with Crippen LogP contribution in [-0.4, -0.2) is 71.1 Å². The Morgan fingerprint density at radius 1 is 0.912 bits per heavy atom. The van der Waals surface area contributed by atoms with E-state index in [9.17, 15) is 28.8 Å². The van der Waals surface area contributed by atoms with Crippen molar-refractivity contribution in [2.75, 3.05) is 30.0 Å². The molecule has 2 atom stereocenters. The quantitative estimate of drug-likeness (QED) is 0.149. The zero-order valence-corrected chi connectivity index (χ0v) is 32.6. The standard InChI is InChI=1S/C43H43N5O8S/c1-24(16-19-56-31-9-10-32-33(23-31)42(54)48(41(32)53)35-12-13-36(49)44-39(35)51)15-18-55-30-5-3-4-26(20-30)21-37(50)45-43-46-38(25(2)57-43)29-8-11-34-28(22-29)14-17-47(34)40(52)27-6-7-27/h3-5,8-11,20,22-24,27,35H,6-7,12-19,21H2,1-2H3,(H,44,49,51)(H,45,46,50). The highest BCUT2D eigenvalue weighted by atomic mass is 32.1. The van der Waals surface area contributed by atoms with Gasteiger partial charge in [0.1, 0.15) is 17.5 Å². The zero-order valence-electron chi connectivity index (χ0n) is 31.8. The number of benzene rings is 3. The van der Waals surface area contributed by atoms with E-state index in [1.165, 1.54) is 23.5 Å². The van der Waals surface area contributed by atoms with Gasteiger partial charge >= 0.3 is 0 Å². The first-order valence-corrected chi connectivity index (χ1v) is 20.3. The third-order valence-corrected chi connectivity index (χ3v) is 11.8. The van der Waals surface area contributed by atoms with Crippen LogP contribution in [0.1, 0.15) is 82.2 Å². The molecule has 1 saturated heterocycles. The van der Waals surface area contributed by atoms with Crippen LogP contribution in [-0.2, 0) is 32.0 Å². The summed E-state index contributed by atoms with van der Waals surface area (Å²) in [5, 5.41) is 5.70. The van der Waals surface area contributed by atoms with Crippen LogP contribution < -0.4 is 25.0 Å². The number of hydrogen-bond acceptors (Lipinski definition) is 10. The number of hydrogen-bond donors (Lipinski definition) is 2. The van der Waals surface area contributed by atoms with Crippen molar-refractivity contribution < 1.29 is 38.2 Å². The second-order valence-electron chi connectivity index (χ2n) is 15.2. The monoisotopic (exact) mass is 789 g/mol. The van der Waals surface area contributed by atoms with Gasteiger partial charge in [-0.2, -0.15) is 0 Å². The van der Waals surface area contributed by atoms with Gasteiger partial charge in [0.15, 0.2) is 5.13 Å². The molecule has 4 aliphatic rings. The summed E-state index contributed by atoms with van der Waals surface area (Å²) >= 11 is 1.44. The molecule has 4 aromatic rings. The molecule has 57 heavy (non-hydrogen) atoms. The summed E-state index contributed by atoms with van der Waals surface area (Å²) in [4.78, 5) is 84.3. The van der Waals surface area contributed by atoms with Crippen LogP contribution >= 0.6 is 11.3 Å². The SMILES string of the molecule is Cc1sc(NC(=O)Cc2cccc(OCCC(C)CCOc3ccc4c(c3)C(=O)N(C3CCC(=O)NC3=O)C4=O)c2)nc1-c1ccc2c(c1)CCN2C(=O)C1CC1. The molecule has 0 radical (unpaired) electrons. The van der Waals surface area contributed by atoms with Crippen LogP contribution in [0.4, 0.5) is 10.8 Å². The summed E-state index contributed by atoms with van der Waals surface area (Å²) in [5.74, 6) is -0.557. The van der Waals surface area contributed by atoms with Crippen molar-refractivity contribution >= 4 is 57.6 Å². The summed E-state index contributed by atoms with van der Waals surface area (Å²) < 4.78 is 12.0. The van der Waals surface area contributed by atoms with Gasteiger partial charge in [0.05, 0.1) is 36.5 Å². The lowest BCUT2D eigenvalue weighted by molar-refractivity contribution is -0.136. The summed E-state index contributed by atoms with van der Waals surface area (Å²) in [7, 11) is 0. The van der Waals surface area contributed by atoms with E-state index >= 15 is 0 Å². The number of fused-ring (bicyclic) bond motifs is 2. The average molecular weight is 790 g/mol. The summed E-state index contributed by atoms with van der Waals surface area (Å²) in [5.41, 5.74) is 5.17. The Kier molecular flexibility index (Phi) is 10.6. The minimum absolute atomic E-state index is 0.0615. The Hall–Kier alpha value is -5.89. The van der Waals surface area contributed by atoms with Crippen molar-refractivity contribution in [3.8, 4) is 22.8 Å². The first kappa shape index (κ1) is 38.0. The number of carbonyl (C=O) groups excluding carboxylic acids is 6. The van der Waals surface area contributed by atoms with E-state index in [0.717, 1.165) is 76.5 Å². The smallest absolute Gasteiger partial charge is 0.262 e. The molecule has 2 fully saturated rings. The molecule has 0 spiro atoms. The van der Waals surface area contributed by atoms with Crippen molar-refractivity contribution in [1.29, 1.82) is 0 Å². The van der Waals surface area contributed by atoms with Gasteiger partial charge in [-0.05, 0) is 105 Å². The van der Waals surface area contributed by atoms with Crippen molar-refractivity contribution in [1.82, 2.24) is 15.2 Å². The van der Waals surface area contributed by atoms with Gasteiger partial charge < -0.3 is 19.7 Å². The van der Waals surface area contributed by atoms with Gasteiger partial charge in [-0.1, -0.05) is 25.1 Å². The fourth-order valence-corrected chi connectivity index (χ4v) is 8.43. The molecule has 1 saturated carbocycles. The number of thiazole rings is 1. The number of imide groups is 2. The molecular weight excluding hydrogens is 747 g/mol. The van der Waals surface area contributed by atoms with Crippen molar-refractivity contribution in [2.45, 2.75) is 71.3 Å². The Balaban J connectivity index is 0.776. The van der Waals surface area contributed by atoms with E-state index < -0.39 is 29.7 Å². The third-order valence-electron chi connectivity index (χ3n) is 10.9. The molecule has 1 aromatic heterocycles. The normalized spacial score (nSPS) is 18.0. The lowest BCUT2D eigenvalue weighted by atomic mass is 10.0. The van der Waals surface area contributed by atoms with Crippen LogP contribution in [0.25, 0.3) is 11.3 Å². The lowest BCUT2D eigenvalue weighted by Crippen LogP contribution is -2.54. The predicted molar refractivity (Wildman–Crippen MR) is 212 cm³/mol. The van der Waals surface area contributed by atoms with E-state index in [2.05, 4.69) is 23.6 Å². The van der Waals surface area contributed by atoms with Crippen LogP contribution in [0.5, 0.6) is 11.5 Å². The molecule has 14 heteroatoms. The molecule has 13 nitrogen and oxygen atoms in total. The number of piperidine rings is 1. The first-order chi connectivity index (χ1) is 27.5. The van der Waals surface area contributed by atoms with Crippen LogP contribution in [0, 0.1) is 18.8 Å². The highest BCUT2D eigenvalue weighted by Gasteiger charge is 2.45. The van der Waals surface area contributed by atoms with Crippen molar-refractivity contribution in [2.24, 2.45) is 11.8 Å². The van der Waals surface area contributed by atoms with E-state index in [0.29, 0.717) is 29.8 Å². The molecule has 4 heterocycles. The molecule has 1 aliphatic carbocycles.